The Morgan fingerprint density at radius 2 is 2.19 bits per heavy atom. The van der Waals surface area contributed by atoms with Gasteiger partial charge in [-0.25, -0.2) is 0 Å². The molecule has 2 rings (SSSR count). The largest absolute Gasteiger partial charge is 0.348 e. The van der Waals surface area contributed by atoms with Crippen molar-refractivity contribution in [3.63, 3.8) is 0 Å². The molecule has 0 saturated heterocycles. The van der Waals surface area contributed by atoms with Crippen LogP contribution in [0, 0.1) is 25.7 Å². The molecular weight excluding hydrogens is 198 g/mol. The molecule has 0 aromatic carbocycles. The van der Waals surface area contributed by atoms with E-state index in [0.29, 0.717) is 0 Å². The van der Waals surface area contributed by atoms with Crippen molar-refractivity contribution in [1.29, 1.82) is 0 Å². The van der Waals surface area contributed by atoms with Gasteiger partial charge in [-0.1, -0.05) is 13.3 Å². The van der Waals surface area contributed by atoms with Crippen LogP contribution >= 0.6 is 0 Å². The maximum absolute atomic E-state index is 10.9. The predicted octanol–water partition coefficient (Wildman–Crippen LogP) is 3.35. The van der Waals surface area contributed by atoms with Crippen molar-refractivity contribution in [2.45, 2.75) is 46.6 Å². The highest BCUT2D eigenvalue weighted by Gasteiger charge is 2.22. The summed E-state index contributed by atoms with van der Waals surface area (Å²) in [5.41, 5.74) is 3.20. The summed E-state index contributed by atoms with van der Waals surface area (Å²) in [6, 6.07) is 2.00. The van der Waals surface area contributed by atoms with Crippen LogP contribution in [-0.2, 0) is 6.54 Å². The molecule has 1 fully saturated rings. The number of hydrogen-bond acceptors (Lipinski definition) is 1. The highest BCUT2D eigenvalue weighted by molar-refractivity contribution is 5.77. The van der Waals surface area contributed by atoms with Gasteiger partial charge in [-0.2, -0.15) is 0 Å². The van der Waals surface area contributed by atoms with E-state index in [0.717, 1.165) is 35.9 Å². The van der Waals surface area contributed by atoms with Crippen molar-refractivity contribution in [2.24, 2.45) is 11.8 Å². The first-order valence-electron chi connectivity index (χ1n) is 6.23. The van der Waals surface area contributed by atoms with Gasteiger partial charge in [-0.3, -0.25) is 4.79 Å². The average Bonchev–Trinajstić information content (AvgIpc) is 2.77. The van der Waals surface area contributed by atoms with Gasteiger partial charge in [0.2, 0.25) is 0 Å². The van der Waals surface area contributed by atoms with Crippen molar-refractivity contribution in [3.05, 3.63) is 23.0 Å². The fourth-order valence-corrected chi connectivity index (χ4v) is 2.98. The second-order valence-electron chi connectivity index (χ2n) is 5.34. The molecule has 0 bridgehead atoms. The zero-order valence-corrected chi connectivity index (χ0v) is 10.5. The zero-order valence-electron chi connectivity index (χ0n) is 10.5. The Kier molecular flexibility index (Phi) is 3.17. The van der Waals surface area contributed by atoms with Crippen molar-refractivity contribution in [2.75, 3.05) is 0 Å². The number of carbonyl (C=O) groups is 1. The lowest BCUT2D eigenvalue weighted by atomic mass is 10.1. The number of aromatic nitrogens is 1. The van der Waals surface area contributed by atoms with E-state index in [1.165, 1.54) is 25.0 Å². The quantitative estimate of drug-likeness (QED) is 0.714. The van der Waals surface area contributed by atoms with Crippen molar-refractivity contribution in [1.82, 2.24) is 4.57 Å². The van der Waals surface area contributed by atoms with Gasteiger partial charge < -0.3 is 4.57 Å². The number of rotatable bonds is 3. The summed E-state index contributed by atoms with van der Waals surface area (Å²) in [5.74, 6) is 1.69. The Labute approximate surface area is 97.7 Å². The molecule has 1 aliphatic rings. The molecule has 2 nitrogen and oxygen atoms in total. The lowest BCUT2D eigenvalue weighted by molar-refractivity contribution is 0.112. The Morgan fingerprint density at radius 3 is 2.69 bits per heavy atom. The maximum atomic E-state index is 10.9. The van der Waals surface area contributed by atoms with Crippen LogP contribution in [0.4, 0.5) is 0 Å². The van der Waals surface area contributed by atoms with Crippen LogP contribution < -0.4 is 0 Å². The van der Waals surface area contributed by atoms with E-state index in [-0.39, 0.29) is 0 Å². The summed E-state index contributed by atoms with van der Waals surface area (Å²) < 4.78 is 2.31. The standard InChI is InChI=1S/C14H21NO/c1-10-4-5-13(6-10)8-15-11(2)7-14(9-16)12(15)3/h7,9-10,13H,4-6,8H2,1-3H3. The van der Waals surface area contributed by atoms with Gasteiger partial charge in [0.15, 0.2) is 6.29 Å². The highest BCUT2D eigenvalue weighted by Crippen LogP contribution is 2.32. The Bertz CT molecular complexity index is 392. The fraction of sp³-hybridized carbons (Fsp3) is 0.643. The normalized spacial score (nSPS) is 24.9. The summed E-state index contributed by atoms with van der Waals surface area (Å²) in [5, 5.41) is 0. The van der Waals surface area contributed by atoms with E-state index < -0.39 is 0 Å². The van der Waals surface area contributed by atoms with Gasteiger partial charge >= 0.3 is 0 Å². The molecule has 2 atom stereocenters. The first kappa shape index (κ1) is 11.4. The fourth-order valence-electron chi connectivity index (χ4n) is 2.98. The lowest BCUT2D eigenvalue weighted by Crippen LogP contribution is -2.10. The molecule has 0 aliphatic heterocycles. The van der Waals surface area contributed by atoms with Crippen LogP contribution in [0.3, 0.4) is 0 Å². The molecule has 2 unspecified atom stereocenters. The van der Waals surface area contributed by atoms with E-state index in [1.54, 1.807) is 0 Å². The first-order valence-corrected chi connectivity index (χ1v) is 6.23. The van der Waals surface area contributed by atoms with Crippen LogP contribution in [0.25, 0.3) is 0 Å². The zero-order chi connectivity index (χ0) is 11.7. The number of nitrogens with zero attached hydrogens (tertiary/aromatic N) is 1. The molecule has 2 heteroatoms. The molecule has 1 heterocycles. The first-order chi connectivity index (χ1) is 7.61. The molecule has 1 saturated carbocycles. The second kappa shape index (κ2) is 4.44. The summed E-state index contributed by atoms with van der Waals surface area (Å²) in [6.45, 7) is 7.58. The Morgan fingerprint density at radius 1 is 1.44 bits per heavy atom. The minimum atomic E-state index is 0.805. The van der Waals surface area contributed by atoms with Crippen molar-refractivity contribution in [3.8, 4) is 0 Å². The molecule has 16 heavy (non-hydrogen) atoms. The van der Waals surface area contributed by atoms with E-state index in [2.05, 4.69) is 25.3 Å². The third-order valence-electron chi connectivity index (χ3n) is 3.98. The van der Waals surface area contributed by atoms with E-state index in [9.17, 15) is 4.79 Å². The summed E-state index contributed by atoms with van der Waals surface area (Å²) in [4.78, 5) is 10.9. The molecule has 0 radical (unpaired) electrons. The van der Waals surface area contributed by atoms with Gasteiger partial charge in [0, 0.05) is 23.5 Å². The number of hydrogen-bond donors (Lipinski definition) is 0. The summed E-state index contributed by atoms with van der Waals surface area (Å²) >= 11 is 0. The van der Waals surface area contributed by atoms with Crippen LogP contribution in [0.5, 0.6) is 0 Å². The maximum Gasteiger partial charge on any atom is 0.151 e. The smallest absolute Gasteiger partial charge is 0.151 e. The van der Waals surface area contributed by atoms with Crippen LogP contribution in [0.2, 0.25) is 0 Å². The monoisotopic (exact) mass is 219 g/mol. The molecule has 88 valence electrons. The van der Waals surface area contributed by atoms with Crippen molar-refractivity contribution < 1.29 is 4.79 Å². The average molecular weight is 219 g/mol. The Hall–Kier alpha value is -1.05. The molecular formula is C14H21NO. The minimum Gasteiger partial charge on any atom is -0.348 e. The van der Waals surface area contributed by atoms with Crippen LogP contribution in [-0.4, -0.2) is 10.9 Å². The number of aldehydes is 1. The van der Waals surface area contributed by atoms with Gasteiger partial charge in [-0.05, 0) is 44.6 Å². The SMILES string of the molecule is Cc1cc(C=O)c(C)n1CC1CCC(C)C1. The molecule has 1 aromatic rings. The summed E-state index contributed by atoms with van der Waals surface area (Å²) in [6.07, 6.45) is 5.02. The van der Waals surface area contributed by atoms with Crippen LogP contribution in [0.15, 0.2) is 6.07 Å². The van der Waals surface area contributed by atoms with Crippen LogP contribution in [0.1, 0.15) is 47.9 Å². The third-order valence-corrected chi connectivity index (χ3v) is 3.98. The highest BCUT2D eigenvalue weighted by atomic mass is 16.1. The topological polar surface area (TPSA) is 22.0 Å². The molecule has 1 aliphatic carbocycles. The van der Waals surface area contributed by atoms with Crippen molar-refractivity contribution >= 4 is 6.29 Å². The third kappa shape index (κ3) is 2.06. The lowest BCUT2D eigenvalue weighted by Gasteiger charge is -2.15. The van der Waals surface area contributed by atoms with Gasteiger partial charge in [0.05, 0.1) is 0 Å². The minimum absolute atomic E-state index is 0.805. The number of carbonyl (C=O) groups excluding carboxylic acids is 1. The molecule has 0 spiro atoms. The van der Waals surface area contributed by atoms with E-state index in [4.69, 9.17) is 0 Å². The molecule has 1 aromatic heterocycles. The Balaban J connectivity index is 2.15. The number of aryl methyl sites for hydroxylation is 1. The van der Waals surface area contributed by atoms with Gasteiger partial charge in [-0.15, -0.1) is 0 Å². The van der Waals surface area contributed by atoms with E-state index in [1.807, 2.05) is 6.07 Å². The van der Waals surface area contributed by atoms with Gasteiger partial charge in [0.1, 0.15) is 0 Å². The second-order valence-corrected chi connectivity index (χ2v) is 5.34. The summed E-state index contributed by atoms with van der Waals surface area (Å²) in [7, 11) is 0. The van der Waals surface area contributed by atoms with E-state index >= 15 is 0 Å². The predicted molar refractivity (Wildman–Crippen MR) is 65.8 cm³/mol. The molecule has 0 N–H and O–H groups in total. The molecule has 0 amide bonds. The van der Waals surface area contributed by atoms with Gasteiger partial charge in [0.25, 0.3) is 0 Å².